The van der Waals surface area contributed by atoms with Crippen molar-refractivity contribution in [2.45, 2.75) is 12.6 Å². The maximum Gasteiger partial charge on any atom is 0.416 e. The summed E-state index contributed by atoms with van der Waals surface area (Å²) in [7, 11) is 2.92. The Balaban J connectivity index is 1.54. The summed E-state index contributed by atoms with van der Waals surface area (Å²) in [6, 6.07) is 16.3. The number of nitrogens with one attached hydrogen (secondary N) is 2. The second kappa shape index (κ2) is 12.4. The summed E-state index contributed by atoms with van der Waals surface area (Å²) < 4.78 is 54.5. The first kappa shape index (κ1) is 27.1. The number of carbonyl (C=O) groups is 2. The van der Waals surface area contributed by atoms with E-state index in [9.17, 15) is 22.8 Å². The highest BCUT2D eigenvalue weighted by atomic mass is 19.4. The van der Waals surface area contributed by atoms with E-state index in [4.69, 9.17) is 14.2 Å². The van der Waals surface area contributed by atoms with Crippen molar-refractivity contribution in [1.82, 2.24) is 5.43 Å². The average Bonchev–Trinajstić information content (AvgIpc) is 2.87. The molecule has 0 aliphatic heterocycles. The molecule has 8 nitrogen and oxygen atoms in total. The van der Waals surface area contributed by atoms with Crippen molar-refractivity contribution in [3.8, 4) is 17.2 Å². The molecule has 2 N–H and O–H groups in total. The lowest BCUT2D eigenvalue weighted by atomic mass is 10.1. The number of amides is 2. The first-order valence-corrected chi connectivity index (χ1v) is 10.9. The normalized spacial score (nSPS) is 11.2. The zero-order chi connectivity index (χ0) is 26.8. The monoisotopic (exact) mass is 515 g/mol. The highest BCUT2D eigenvalue weighted by Gasteiger charge is 2.30. The molecule has 0 saturated heterocycles. The predicted molar refractivity (Wildman–Crippen MR) is 131 cm³/mol. The summed E-state index contributed by atoms with van der Waals surface area (Å²) in [5.41, 5.74) is 2.71. The number of anilines is 1. The lowest BCUT2D eigenvalue weighted by Crippen LogP contribution is -2.20. The maximum atomic E-state index is 12.8. The van der Waals surface area contributed by atoms with Gasteiger partial charge in [0.2, 0.25) is 5.91 Å². The molecule has 0 aromatic heterocycles. The van der Waals surface area contributed by atoms with Gasteiger partial charge in [0, 0.05) is 0 Å². The molecular weight excluding hydrogens is 491 g/mol. The van der Waals surface area contributed by atoms with Crippen LogP contribution in [0.2, 0.25) is 0 Å². The van der Waals surface area contributed by atoms with Gasteiger partial charge in [-0.15, -0.1) is 0 Å². The molecule has 0 heterocycles. The number of para-hydroxylation sites is 2. The lowest BCUT2D eigenvalue weighted by molar-refractivity contribution is -0.137. The van der Waals surface area contributed by atoms with Crippen LogP contribution in [0.3, 0.4) is 0 Å². The maximum absolute atomic E-state index is 12.8. The Bertz CT molecular complexity index is 1280. The number of hydrazone groups is 1. The fraction of sp³-hybridized carbons (Fsp3) is 0.192. The molecule has 0 atom stereocenters. The van der Waals surface area contributed by atoms with Crippen molar-refractivity contribution in [2.75, 3.05) is 26.1 Å². The van der Waals surface area contributed by atoms with Gasteiger partial charge in [0.1, 0.15) is 5.75 Å². The van der Waals surface area contributed by atoms with Crippen molar-refractivity contribution in [2.24, 2.45) is 5.10 Å². The molecule has 0 fully saturated rings. The largest absolute Gasteiger partial charge is 0.495 e. The van der Waals surface area contributed by atoms with Crippen LogP contribution in [0.15, 0.2) is 71.8 Å². The van der Waals surface area contributed by atoms with Gasteiger partial charge in [-0.25, -0.2) is 5.43 Å². The van der Waals surface area contributed by atoms with E-state index in [1.807, 2.05) is 0 Å². The Hall–Kier alpha value is -4.54. The molecule has 11 heteroatoms. The number of nitrogens with zero attached hydrogens (tertiary/aromatic N) is 1. The summed E-state index contributed by atoms with van der Waals surface area (Å²) in [4.78, 5) is 24.3. The number of benzene rings is 3. The van der Waals surface area contributed by atoms with E-state index in [0.717, 1.165) is 12.1 Å². The van der Waals surface area contributed by atoms with Crippen LogP contribution >= 0.6 is 0 Å². The number of alkyl halides is 3. The Morgan fingerprint density at radius 1 is 0.892 bits per heavy atom. The van der Waals surface area contributed by atoms with Gasteiger partial charge in [0.25, 0.3) is 5.91 Å². The molecule has 2 amide bonds. The van der Waals surface area contributed by atoms with Crippen molar-refractivity contribution < 1.29 is 37.0 Å². The fourth-order valence-electron chi connectivity index (χ4n) is 3.22. The summed E-state index contributed by atoms with van der Waals surface area (Å²) >= 11 is 0. The lowest BCUT2D eigenvalue weighted by Gasteiger charge is -2.12. The molecule has 3 aromatic rings. The third-order valence-electron chi connectivity index (χ3n) is 4.95. The number of hydrogen-bond donors (Lipinski definition) is 2. The number of hydrogen-bond acceptors (Lipinski definition) is 6. The van der Waals surface area contributed by atoms with E-state index < -0.39 is 23.6 Å². The van der Waals surface area contributed by atoms with Gasteiger partial charge in [0.05, 0.1) is 38.1 Å². The van der Waals surface area contributed by atoms with E-state index in [-0.39, 0.29) is 18.6 Å². The molecule has 0 unspecified atom stereocenters. The summed E-state index contributed by atoms with van der Waals surface area (Å²) in [5, 5.41) is 6.53. The van der Waals surface area contributed by atoms with Crippen LogP contribution in [0.5, 0.6) is 17.2 Å². The van der Waals surface area contributed by atoms with Crippen molar-refractivity contribution in [3.63, 3.8) is 0 Å². The van der Waals surface area contributed by atoms with Crippen LogP contribution in [-0.4, -0.2) is 38.9 Å². The third kappa shape index (κ3) is 7.99. The van der Waals surface area contributed by atoms with Gasteiger partial charge in [-0.3, -0.25) is 9.59 Å². The van der Waals surface area contributed by atoms with E-state index in [1.54, 1.807) is 42.5 Å². The molecule has 37 heavy (non-hydrogen) atoms. The third-order valence-corrected chi connectivity index (χ3v) is 4.95. The highest BCUT2D eigenvalue weighted by molar-refractivity contribution is 5.93. The first-order valence-electron chi connectivity index (χ1n) is 10.9. The summed E-state index contributed by atoms with van der Waals surface area (Å²) in [6.07, 6.45) is -3.42. The second-order valence-corrected chi connectivity index (χ2v) is 7.62. The Kier molecular flexibility index (Phi) is 9.09. The zero-order valence-electron chi connectivity index (χ0n) is 20.0. The standard InChI is InChI=1S/C26H24F3N3O5/c1-35-21-9-4-3-8-20(21)31-25(34)16-37-22-11-10-18(13-23(22)36-2)15-30-32-24(33)14-17-6-5-7-19(12-17)26(27,28)29/h3-13,15H,14,16H2,1-2H3,(H,31,34)(H,32,33)/b30-15+. The molecule has 0 aliphatic carbocycles. The second-order valence-electron chi connectivity index (χ2n) is 7.62. The quantitative estimate of drug-likeness (QED) is 0.308. The minimum atomic E-state index is -4.49. The van der Waals surface area contributed by atoms with Gasteiger partial charge in [-0.1, -0.05) is 30.3 Å². The first-order chi connectivity index (χ1) is 17.7. The smallest absolute Gasteiger partial charge is 0.416 e. The highest BCUT2D eigenvalue weighted by Crippen LogP contribution is 2.30. The van der Waals surface area contributed by atoms with E-state index in [1.165, 1.54) is 32.6 Å². The number of ether oxygens (including phenoxy) is 3. The number of halogens is 3. The molecule has 3 aromatic carbocycles. The Labute approximate surface area is 211 Å². The molecular formula is C26H24F3N3O5. The Morgan fingerprint density at radius 2 is 1.65 bits per heavy atom. The SMILES string of the molecule is COc1ccccc1NC(=O)COc1ccc(/C=N/NC(=O)Cc2cccc(C(F)(F)F)c2)cc1OC. The molecule has 0 spiro atoms. The van der Waals surface area contributed by atoms with Gasteiger partial charge >= 0.3 is 6.18 Å². The van der Waals surface area contributed by atoms with Gasteiger partial charge < -0.3 is 19.5 Å². The number of methoxy groups -OCH3 is 2. The van der Waals surface area contributed by atoms with Crippen LogP contribution < -0.4 is 25.0 Å². The Morgan fingerprint density at radius 3 is 2.38 bits per heavy atom. The molecule has 3 rings (SSSR count). The molecule has 0 aliphatic rings. The van der Waals surface area contributed by atoms with E-state index >= 15 is 0 Å². The summed E-state index contributed by atoms with van der Waals surface area (Å²) in [5.74, 6) is 0.163. The van der Waals surface area contributed by atoms with E-state index in [2.05, 4.69) is 15.8 Å². The number of carbonyl (C=O) groups excluding carboxylic acids is 2. The van der Waals surface area contributed by atoms with Gasteiger partial charge in [-0.05, 0) is 47.5 Å². The van der Waals surface area contributed by atoms with Gasteiger partial charge in [-0.2, -0.15) is 18.3 Å². The number of rotatable bonds is 10. The summed E-state index contributed by atoms with van der Waals surface area (Å²) in [6.45, 7) is -0.284. The van der Waals surface area contributed by atoms with Gasteiger partial charge in [0.15, 0.2) is 18.1 Å². The van der Waals surface area contributed by atoms with Crippen molar-refractivity contribution in [3.05, 3.63) is 83.4 Å². The van der Waals surface area contributed by atoms with Crippen LogP contribution in [0.25, 0.3) is 0 Å². The molecule has 0 radical (unpaired) electrons. The van der Waals surface area contributed by atoms with Crippen LogP contribution in [-0.2, 0) is 22.2 Å². The average molecular weight is 515 g/mol. The van der Waals surface area contributed by atoms with Crippen molar-refractivity contribution >= 4 is 23.7 Å². The van der Waals surface area contributed by atoms with E-state index in [0.29, 0.717) is 28.5 Å². The molecule has 0 bridgehead atoms. The van der Waals surface area contributed by atoms with Crippen molar-refractivity contribution in [1.29, 1.82) is 0 Å². The predicted octanol–water partition coefficient (Wildman–Crippen LogP) is 4.43. The van der Waals surface area contributed by atoms with Crippen LogP contribution in [0, 0.1) is 0 Å². The fourth-order valence-corrected chi connectivity index (χ4v) is 3.22. The molecule has 0 saturated carbocycles. The zero-order valence-corrected chi connectivity index (χ0v) is 20.0. The molecule has 194 valence electrons. The van der Waals surface area contributed by atoms with Crippen LogP contribution in [0.4, 0.5) is 18.9 Å². The minimum Gasteiger partial charge on any atom is -0.495 e. The topological polar surface area (TPSA) is 98.3 Å². The van der Waals surface area contributed by atoms with Crippen LogP contribution in [0.1, 0.15) is 16.7 Å². The minimum absolute atomic E-state index is 0.209.